The quantitative estimate of drug-likeness (QED) is 0.794. The molecule has 1 N–H and O–H groups in total. The summed E-state index contributed by atoms with van der Waals surface area (Å²) in [6.45, 7) is 2.09. The van der Waals surface area contributed by atoms with Gasteiger partial charge in [-0.1, -0.05) is 0 Å². The molecule has 2 aromatic heterocycles. The molecule has 0 aliphatic heterocycles. The Hall–Kier alpha value is -2.12. The van der Waals surface area contributed by atoms with E-state index in [9.17, 15) is 13.6 Å². The first-order valence-corrected chi connectivity index (χ1v) is 7.95. The molecular weight excluding hydrogens is 320 g/mol. The van der Waals surface area contributed by atoms with E-state index in [1.54, 1.807) is 24.9 Å². The lowest BCUT2D eigenvalue weighted by molar-refractivity contribution is 0.241. The molecule has 3 rings (SSSR count). The molecule has 7 heteroatoms. The lowest BCUT2D eigenvalue weighted by Gasteiger charge is -2.24. The highest BCUT2D eigenvalue weighted by molar-refractivity contribution is 7.17. The lowest BCUT2D eigenvalue weighted by atomic mass is 10.1. The van der Waals surface area contributed by atoms with Crippen LogP contribution in [0.15, 0.2) is 34.4 Å². The van der Waals surface area contributed by atoms with Crippen LogP contribution in [-0.4, -0.2) is 21.9 Å². The number of H-pyrrole nitrogens is 1. The molecular formula is C16H15F2N3OS. The Morgan fingerprint density at radius 2 is 2.13 bits per heavy atom. The summed E-state index contributed by atoms with van der Waals surface area (Å²) in [6, 6.07) is 4.82. The minimum absolute atomic E-state index is 0.182. The molecule has 0 fully saturated rings. The van der Waals surface area contributed by atoms with Crippen molar-refractivity contribution in [3.05, 3.63) is 63.0 Å². The highest BCUT2D eigenvalue weighted by Crippen LogP contribution is 2.24. The summed E-state index contributed by atoms with van der Waals surface area (Å²) >= 11 is 1.34. The number of rotatable bonds is 4. The van der Waals surface area contributed by atoms with Gasteiger partial charge in [0.25, 0.3) is 5.56 Å². The van der Waals surface area contributed by atoms with E-state index in [1.165, 1.54) is 17.4 Å². The van der Waals surface area contributed by atoms with Crippen molar-refractivity contribution >= 4 is 21.6 Å². The van der Waals surface area contributed by atoms with Crippen molar-refractivity contribution in [2.24, 2.45) is 0 Å². The predicted octanol–water partition coefficient (Wildman–Crippen LogP) is 3.46. The lowest BCUT2D eigenvalue weighted by Crippen LogP contribution is -2.25. The van der Waals surface area contributed by atoms with Crippen molar-refractivity contribution < 1.29 is 8.78 Å². The van der Waals surface area contributed by atoms with Gasteiger partial charge in [0.05, 0.1) is 12.1 Å². The molecule has 23 heavy (non-hydrogen) atoms. The molecule has 4 nitrogen and oxygen atoms in total. The topological polar surface area (TPSA) is 49.0 Å². The third-order valence-electron chi connectivity index (χ3n) is 3.83. The number of hydrogen-bond acceptors (Lipinski definition) is 4. The molecule has 0 radical (unpaired) electrons. The molecule has 0 aliphatic rings. The smallest absolute Gasteiger partial charge is 0.268 e. The summed E-state index contributed by atoms with van der Waals surface area (Å²) in [7, 11) is 1.77. The normalized spacial score (nSPS) is 12.9. The second kappa shape index (κ2) is 6.17. The van der Waals surface area contributed by atoms with Crippen LogP contribution in [0.3, 0.4) is 0 Å². The van der Waals surface area contributed by atoms with E-state index in [4.69, 9.17) is 0 Å². The number of halogens is 2. The summed E-state index contributed by atoms with van der Waals surface area (Å²) in [5, 5.41) is 1.81. The Bertz CT molecular complexity index is 906. The second-order valence-corrected chi connectivity index (χ2v) is 6.32. The van der Waals surface area contributed by atoms with E-state index in [0.717, 1.165) is 12.1 Å². The number of fused-ring (bicyclic) bond motifs is 1. The van der Waals surface area contributed by atoms with E-state index in [2.05, 4.69) is 9.97 Å². The standard InChI is InChI=1S/C16H15F2N3OS/c1-9(11-7-10(17)3-4-12(11)18)21(2)8-14-19-13-5-6-23-15(13)16(22)20-14/h3-7,9H,8H2,1-2H3,(H,19,20,22). The van der Waals surface area contributed by atoms with Gasteiger partial charge >= 0.3 is 0 Å². The first kappa shape index (κ1) is 15.8. The number of aromatic amines is 1. The van der Waals surface area contributed by atoms with Crippen molar-refractivity contribution in [2.45, 2.75) is 19.5 Å². The summed E-state index contributed by atoms with van der Waals surface area (Å²) < 4.78 is 27.8. The van der Waals surface area contributed by atoms with Crippen LogP contribution in [-0.2, 0) is 6.54 Å². The average Bonchev–Trinajstić information content (AvgIpc) is 2.98. The number of nitrogens with one attached hydrogen (secondary N) is 1. The maximum absolute atomic E-state index is 13.9. The van der Waals surface area contributed by atoms with Crippen LogP contribution in [0.4, 0.5) is 8.78 Å². The first-order valence-electron chi connectivity index (χ1n) is 7.07. The van der Waals surface area contributed by atoms with Gasteiger partial charge in [-0.05, 0) is 43.6 Å². The number of aromatic nitrogens is 2. The molecule has 0 saturated carbocycles. The molecule has 1 aromatic carbocycles. The molecule has 0 saturated heterocycles. The fourth-order valence-electron chi connectivity index (χ4n) is 2.44. The van der Waals surface area contributed by atoms with Crippen molar-refractivity contribution in [3.8, 4) is 0 Å². The Labute approximate surface area is 135 Å². The maximum atomic E-state index is 13.9. The van der Waals surface area contributed by atoms with Gasteiger partial charge in [0, 0.05) is 11.6 Å². The van der Waals surface area contributed by atoms with E-state index in [1.807, 2.05) is 5.38 Å². The van der Waals surface area contributed by atoms with Gasteiger partial charge in [-0.15, -0.1) is 11.3 Å². The van der Waals surface area contributed by atoms with Crippen LogP contribution in [0, 0.1) is 11.6 Å². The van der Waals surface area contributed by atoms with Crippen LogP contribution in [0.2, 0.25) is 0 Å². The Kier molecular flexibility index (Phi) is 4.23. The molecule has 0 spiro atoms. The third kappa shape index (κ3) is 3.16. The Balaban J connectivity index is 1.86. The van der Waals surface area contributed by atoms with E-state index in [-0.39, 0.29) is 17.2 Å². The zero-order chi connectivity index (χ0) is 16.6. The predicted molar refractivity (Wildman–Crippen MR) is 86.5 cm³/mol. The fraction of sp³-hybridized carbons (Fsp3) is 0.250. The second-order valence-electron chi connectivity index (χ2n) is 5.40. The largest absolute Gasteiger partial charge is 0.308 e. The zero-order valence-electron chi connectivity index (χ0n) is 12.6. The Morgan fingerprint density at radius 3 is 2.91 bits per heavy atom. The molecule has 0 aliphatic carbocycles. The summed E-state index contributed by atoms with van der Waals surface area (Å²) in [5.74, 6) is -0.444. The fourth-order valence-corrected chi connectivity index (χ4v) is 3.17. The molecule has 120 valence electrons. The van der Waals surface area contributed by atoms with Gasteiger partial charge in [0.2, 0.25) is 0 Å². The minimum Gasteiger partial charge on any atom is -0.308 e. The number of nitrogens with zero attached hydrogens (tertiary/aromatic N) is 2. The van der Waals surface area contributed by atoms with Crippen LogP contribution in [0.25, 0.3) is 10.2 Å². The van der Waals surface area contributed by atoms with Gasteiger partial charge in [-0.2, -0.15) is 0 Å². The van der Waals surface area contributed by atoms with Crippen molar-refractivity contribution in [3.63, 3.8) is 0 Å². The zero-order valence-corrected chi connectivity index (χ0v) is 13.5. The number of hydrogen-bond donors (Lipinski definition) is 1. The third-order valence-corrected chi connectivity index (χ3v) is 4.73. The van der Waals surface area contributed by atoms with Crippen LogP contribution >= 0.6 is 11.3 Å². The maximum Gasteiger partial charge on any atom is 0.268 e. The van der Waals surface area contributed by atoms with Crippen LogP contribution in [0.1, 0.15) is 24.4 Å². The number of thiophene rings is 1. The van der Waals surface area contributed by atoms with E-state index in [0.29, 0.717) is 22.6 Å². The van der Waals surface area contributed by atoms with E-state index >= 15 is 0 Å². The molecule has 0 bridgehead atoms. The van der Waals surface area contributed by atoms with Crippen molar-refractivity contribution in [1.82, 2.24) is 14.9 Å². The minimum atomic E-state index is -0.479. The summed E-state index contributed by atoms with van der Waals surface area (Å²) in [5.41, 5.74) is 0.733. The highest BCUT2D eigenvalue weighted by Gasteiger charge is 2.18. The summed E-state index contributed by atoms with van der Waals surface area (Å²) in [4.78, 5) is 20.9. The van der Waals surface area contributed by atoms with E-state index < -0.39 is 11.6 Å². The first-order chi connectivity index (χ1) is 11.0. The van der Waals surface area contributed by atoms with Gasteiger partial charge in [0.15, 0.2) is 0 Å². The van der Waals surface area contributed by atoms with Gasteiger partial charge in [-0.25, -0.2) is 13.8 Å². The van der Waals surface area contributed by atoms with Gasteiger partial charge < -0.3 is 4.98 Å². The monoisotopic (exact) mass is 335 g/mol. The SMILES string of the molecule is CC(c1cc(F)ccc1F)N(C)Cc1nc2ccsc2c(=O)[nH]1. The van der Waals surface area contributed by atoms with Crippen LogP contribution in [0.5, 0.6) is 0 Å². The summed E-state index contributed by atoms with van der Waals surface area (Å²) in [6.07, 6.45) is 0. The molecule has 0 amide bonds. The van der Waals surface area contributed by atoms with Crippen molar-refractivity contribution in [2.75, 3.05) is 7.05 Å². The van der Waals surface area contributed by atoms with Crippen molar-refractivity contribution in [1.29, 1.82) is 0 Å². The molecule has 1 atom stereocenters. The molecule has 1 unspecified atom stereocenters. The number of benzene rings is 1. The highest BCUT2D eigenvalue weighted by atomic mass is 32.1. The van der Waals surface area contributed by atoms with Gasteiger partial charge in [-0.3, -0.25) is 9.69 Å². The van der Waals surface area contributed by atoms with Gasteiger partial charge in [0.1, 0.15) is 22.2 Å². The Morgan fingerprint density at radius 1 is 1.35 bits per heavy atom. The molecule has 2 heterocycles. The average molecular weight is 335 g/mol. The molecule has 3 aromatic rings. The van der Waals surface area contributed by atoms with Crippen LogP contribution < -0.4 is 5.56 Å².